The summed E-state index contributed by atoms with van der Waals surface area (Å²) in [4.78, 5) is 19.2. The van der Waals surface area contributed by atoms with Gasteiger partial charge in [0.1, 0.15) is 16.0 Å². The van der Waals surface area contributed by atoms with Gasteiger partial charge in [-0.05, 0) is 47.9 Å². The molecule has 5 rings (SSSR count). The number of imidazole rings is 1. The lowest BCUT2D eigenvalue weighted by molar-refractivity contribution is -0.118. The second-order valence-electron chi connectivity index (χ2n) is 8.60. The molecule has 1 aliphatic heterocycles. The Morgan fingerprint density at radius 1 is 1.05 bits per heavy atom. The molecule has 4 aromatic rings. The molecule has 37 heavy (non-hydrogen) atoms. The number of hydrogen-bond acceptors (Lipinski definition) is 6. The van der Waals surface area contributed by atoms with Crippen molar-refractivity contribution in [1.29, 1.82) is 0 Å². The molecule has 1 amide bonds. The number of carbonyl (C=O) groups is 1. The zero-order valence-corrected chi connectivity index (χ0v) is 22.1. The van der Waals surface area contributed by atoms with Crippen LogP contribution in [0.4, 0.5) is 0 Å². The van der Waals surface area contributed by atoms with Crippen molar-refractivity contribution in [3.63, 3.8) is 0 Å². The molecule has 3 aromatic carbocycles. The fraction of sp³-hybridized carbons (Fsp3) is 0.167. The van der Waals surface area contributed by atoms with E-state index in [2.05, 4.69) is 14.7 Å². The summed E-state index contributed by atoms with van der Waals surface area (Å²) in [5.41, 5.74) is 2.60. The SMILES string of the molecule is O=C1CC(c2ccc(CC(NS(=O)(=O)c3ccc(Cl)cc3Cl)c3nc4ccccc4[nH]3)cc2)S(=O)(=O)N1. The smallest absolute Gasteiger partial charge is 0.242 e. The number of amides is 1. The molecule has 0 spiro atoms. The largest absolute Gasteiger partial charge is 0.341 e. The Hall–Kier alpha value is -2.96. The summed E-state index contributed by atoms with van der Waals surface area (Å²) < 4.78 is 55.7. The number of H-pyrrole nitrogens is 1. The van der Waals surface area contributed by atoms with Gasteiger partial charge >= 0.3 is 0 Å². The number of aromatic amines is 1. The number of fused-ring (bicyclic) bond motifs is 1. The minimum atomic E-state index is -4.08. The fourth-order valence-electron chi connectivity index (χ4n) is 4.23. The molecule has 1 aromatic heterocycles. The molecule has 1 saturated heterocycles. The standard InChI is InChI=1S/C24H20Cl2N4O5S2/c25-16-9-10-21(17(26)12-16)36(32,33)29-20(24-27-18-3-1-2-4-19(18)28-24)11-14-5-7-15(8-6-14)22-13-23(31)30-37(22,34)35/h1-10,12,20,22,29H,11,13H2,(H,27,28)(H,30,31). The number of para-hydroxylation sites is 2. The van der Waals surface area contributed by atoms with Crippen LogP contribution in [0.3, 0.4) is 0 Å². The maximum absolute atomic E-state index is 13.3. The van der Waals surface area contributed by atoms with E-state index in [-0.39, 0.29) is 22.8 Å². The monoisotopic (exact) mass is 578 g/mol. The van der Waals surface area contributed by atoms with Crippen LogP contribution in [0.15, 0.2) is 71.6 Å². The van der Waals surface area contributed by atoms with Gasteiger partial charge in [-0.25, -0.2) is 26.5 Å². The summed E-state index contributed by atoms with van der Waals surface area (Å²) in [5, 5.41) is -0.682. The minimum absolute atomic E-state index is 0.0198. The Bertz CT molecular complexity index is 1690. The third-order valence-corrected chi connectivity index (χ3v) is 9.90. The van der Waals surface area contributed by atoms with Gasteiger partial charge in [-0.15, -0.1) is 0 Å². The molecule has 1 fully saturated rings. The molecule has 0 radical (unpaired) electrons. The molecule has 0 aliphatic carbocycles. The molecule has 13 heteroatoms. The summed E-state index contributed by atoms with van der Waals surface area (Å²) >= 11 is 12.1. The van der Waals surface area contributed by atoms with Crippen LogP contribution in [-0.2, 0) is 31.3 Å². The molecular weight excluding hydrogens is 559 g/mol. The first-order valence-electron chi connectivity index (χ1n) is 11.1. The second-order valence-corrected chi connectivity index (χ2v) is 13.0. The van der Waals surface area contributed by atoms with E-state index in [1.807, 2.05) is 29.0 Å². The van der Waals surface area contributed by atoms with Crippen LogP contribution >= 0.6 is 23.2 Å². The Morgan fingerprint density at radius 3 is 2.43 bits per heavy atom. The van der Waals surface area contributed by atoms with Gasteiger partial charge in [-0.3, -0.25) is 9.52 Å². The van der Waals surface area contributed by atoms with Crippen molar-refractivity contribution in [2.45, 2.75) is 29.0 Å². The summed E-state index contributed by atoms with van der Waals surface area (Å²) in [5.74, 6) is -0.151. The topological polar surface area (TPSA) is 138 Å². The maximum Gasteiger partial charge on any atom is 0.242 e. The average molecular weight is 579 g/mol. The van der Waals surface area contributed by atoms with Gasteiger partial charge in [-0.1, -0.05) is 59.6 Å². The second kappa shape index (κ2) is 9.73. The highest BCUT2D eigenvalue weighted by Crippen LogP contribution is 2.31. The number of halogens is 2. The summed E-state index contributed by atoms with van der Waals surface area (Å²) in [6, 6.07) is 17.3. The van der Waals surface area contributed by atoms with E-state index in [4.69, 9.17) is 23.2 Å². The van der Waals surface area contributed by atoms with E-state index in [0.717, 1.165) is 5.52 Å². The molecule has 3 N–H and O–H groups in total. The van der Waals surface area contributed by atoms with Gasteiger partial charge in [0, 0.05) is 5.02 Å². The lowest BCUT2D eigenvalue weighted by Gasteiger charge is -2.18. The Labute approximate surface area is 223 Å². The molecule has 192 valence electrons. The van der Waals surface area contributed by atoms with Crippen molar-refractivity contribution in [3.05, 3.63) is 93.7 Å². The number of aromatic nitrogens is 2. The van der Waals surface area contributed by atoms with E-state index in [9.17, 15) is 21.6 Å². The third kappa shape index (κ3) is 5.36. The van der Waals surface area contributed by atoms with Crippen LogP contribution in [0.5, 0.6) is 0 Å². The number of benzene rings is 3. The molecule has 1 aliphatic rings. The quantitative estimate of drug-likeness (QED) is 0.302. The van der Waals surface area contributed by atoms with Crippen molar-refractivity contribution < 1.29 is 21.6 Å². The molecule has 2 unspecified atom stereocenters. The first-order valence-corrected chi connectivity index (χ1v) is 14.9. The lowest BCUT2D eigenvalue weighted by atomic mass is 10.0. The third-order valence-electron chi connectivity index (χ3n) is 6.01. The highest BCUT2D eigenvalue weighted by atomic mass is 35.5. The molecule has 0 bridgehead atoms. The Morgan fingerprint density at radius 2 is 1.78 bits per heavy atom. The van der Waals surface area contributed by atoms with E-state index < -0.39 is 37.2 Å². The molecule has 2 atom stereocenters. The van der Waals surface area contributed by atoms with Gasteiger partial charge in [0.15, 0.2) is 0 Å². The highest BCUT2D eigenvalue weighted by Gasteiger charge is 2.37. The van der Waals surface area contributed by atoms with Crippen LogP contribution in [0.1, 0.15) is 34.7 Å². The Balaban J connectivity index is 1.47. The first kappa shape index (κ1) is 25.7. The van der Waals surface area contributed by atoms with Crippen molar-refractivity contribution in [2.24, 2.45) is 0 Å². The predicted molar refractivity (Wildman–Crippen MR) is 140 cm³/mol. The van der Waals surface area contributed by atoms with Crippen LogP contribution in [0.25, 0.3) is 11.0 Å². The Kier molecular flexibility index (Phi) is 6.75. The van der Waals surface area contributed by atoms with Crippen molar-refractivity contribution in [3.8, 4) is 0 Å². The number of nitrogens with zero attached hydrogens (tertiary/aromatic N) is 1. The van der Waals surface area contributed by atoms with Gasteiger partial charge in [-0.2, -0.15) is 0 Å². The van der Waals surface area contributed by atoms with Gasteiger partial charge in [0.25, 0.3) is 0 Å². The van der Waals surface area contributed by atoms with Gasteiger partial charge < -0.3 is 4.98 Å². The van der Waals surface area contributed by atoms with Crippen LogP contribution in [0.2, 0.25) is 10.0 Å². The fourth-order valence-corrected chi connectivity index (χ4v) is 7.63. The van der Waals surface area contributed by atoms with Gasteiger partial charge in [0.2, 0.25) is 26.0 Å². The van der Waals surface area contributed by atoms with Crippen molar-refractivity contribution >= 4 is 60.2 Å². The van der Waals surface area contributed by atoms with Gasteiger partial charge in [0.05, 0.1) is 28.5 Å². The van der Waals surface area contributed by atoms with E-state index in [1.54, 1.807) is 24.3 Å². The number of rotatable bonds is 7. The van der Waals surface area contributed by atoms with Crippen molar-refractivity contribution in [1.82, 2.24) is 19.4 Å². The minimum Gasteiger partial charge on any atom is -0.341 e. The van der Waals surface area contributed by atoms with Crippen molar-refractivity contribution in [2.75, 3.05) is 0 Å². The molecule has 9 nitrogen and oxygen atoms in total. The molecule has 2 heterocycles. The maximum atomic E-state index is 13.3. The zero-order chi connectivity index (χ0) is 26.4. The van der Waals surface area contributed by atoms with Crippen LogP contribution in [-0.4, -0.2) is 32.7 Å². The molecule has 0 saturated carbocycles. The number of hydrogen-bond donors (Lipinski definition) is 3. The van der Waals surface area contributed by atoms with E-state index in [0.29, 0.717) is 27.5 Å². The van der Waals surface area contributed by atoms with E-state index in [1.165, 1.54) is 18.2 Å². The summed E-state index contributed by atoms with van der Waals surface area (Å²) in [6.07, 6.45) is 0.0457. The normalized spacial score (nSPS) is 18.1. The number of carbonyl (C=O) groups excluding carboxylic acids is 1. The number of sulfonamides is 2. The average Bonchev–Trinajstić information content (AvgIpc) is 3.38. The highest BCUT2D eigenvalue weighted by molar-refractivity contribution is 7.90. The first-order chi connectivity index (χ1) is 17.5. The lowest BCUT2D eigenvalue weighted by Crippen LogP contribution is -2.31. The van der Waals surface area contributed by atoms with Crippen LogP contribution in [0, 0.1) is 0 Å². The summed E-state index contributed by atoms with van der Waals surface area (Å²) in [7, 11) is -7.85. The summed E-state index contributed by atoms with van der Waals surface area (Å²) in [6.45, 7) is 0. The van der Waals surface area contributed by atoms with Crippen LogP contribution < -0.4 is 9.44 Å². The molecular formula is C24H20Cl2N4O5S2. The zero-order valence-electron chi connectivity index (χ0n) is 19.0. The van der Waals surface area contributed by atoms with E-state index >= 15 is 0 Å². The predicted octanol–water partition coefficient (Wildman–Crippen LogP) is 4.02. The number of nitrogens with one attached hydrogen (secondary N) is 3.